The van der Waals surface area contributed by atoms with Gasteiger partial charge in [-0.3, -0.25) is 15.0 Å². The molecule has 0 spiro atoms. The van der Waals surface area contributed by atoms with Gasteiger partial charge in [-0.1, -0.05) is 218 Å². The van der Waals surface area contributed by atoms with E-state index in [2.05, 4.69) is 203 Å². The molecule has 0 saturated heterocycles. The van der Waals surface area contributed by atoms with Crippen molar-refractivity contribution in [2.24, 2.45) is 0 Å². The average molecular weight is 1390 g/mol. The number of rotatable bonds is 14. The molecule has 5 aromatic heterocycles. The van der Waals surface area contributed by atoms with Crippen LogP contribution >= 0.6 is 0 Å². The summed E-state index contributed by atoms with van der Waals surface area (Å²) in [6, 6.07) is 106. The molecule has 0 radical (unpaired) electrons. The van der Waals surface area contributed by atoms with Crippen molar-refractivity contribution in [3.05, 3.63) is 345 Å². The molecule has 0 bridgehead atoms. The Labute approximate surface area is 609 Å². The number of halogens is 6. The first-order valence-electron chi connectivity index (χ1n) is 35.3. The van der Waals surface area contributed by atoms with Crippen molar-refractivity contribution in [2.45, 2.75) is 50.9 Å². The molecule has 5 nitrogen and oxygen atoms in total. The van der Waals surface area contributed by atoms with Gasteiger partial charge < -0.3 is 9.13 Å². The van der Waals surface area contributed by atoms with E-state index in [9.17, 15) is 26.3 Å². The van der Waals surface area contributed by atoms with Crippen molar-refractivity contribution in [2.75, 3.05) is 0 Å². The topological polar surface area (TPSA) is 48.5 Å². The summed E-state index contributed by atoms with van der Waals surface area (Å²) >= 11 is 0. The minimum absolute atomic E-state index is 0.101. The molecule has 11 heteroatoms. The number of pyridine rings is 3. The average Bonchev–Trinajstić information content (AvgIpc) is 1.58. The predicted molar refractivity (Wildman–Crippen MR) is 421 cm³/mol. The molecule has 0 aliphatic rings. The van der Waals surface area contributed by atoms with Gasteiger partial charge in [0.15, 0.2) is 0 Å². The van der Waals surface area contributed by atoms with Gasteiger partial charge in [0, 0.05) is 68.0 Å². The normalized spacial score (nSPS) is 12.2. The van der Waals surface area contributed by atoms with Crippen LogP contribution in [0, 0.1) is 0 Å². The van der Waals surface area contributed by atoms with Crippen molar-refractivity contribution in [1.29, 1.82) is 0 Å². The second kappa shape index (κ2) is 26.2. The van der Waals surface area contributed by atoms with Gasteiger partial charge in [-0.25, -0.2) is 0 Å². The zero-order valence-electron chi connectivity index (χ0n) is 58.3. The maximum atomic E-state index is 14.8. The summed E-state index contributed by atoms with van der Waals surface area (Å²) in [5.74, 6) is 0. The van der Waals surface area contributed by atoms with Crippen molar-refractivity contribution in [3.63, 3.8) is 0 Å². The van der Waals surface area contributed by atoms with Gasteiger partial charge >= 0.3 is 12.4 Å². The number of hydrogen-bond acceptors (Lipinski definition) is 3. The van der Waals surface area contributed by atoms with E-state index in [1.807, 2.05) is 103 Å². The number of para-hydroxylation sites is 4. The van der Waals surface area contributed by atoms with Crippen LogP contribution < -0.4 is 0 Å². The molecule has 12 aromatic carbocycles. The van der Waals surface area contributed by atoms with Gasteiger partial charge in [0.2, 0.25) is 0 Å². The lowest BCUT2D eigenvalue weighted by Gasteiger charge is -2.28. The first kappa shape index (κ1) is 66.5. The van der Waals surface area contributed by atoms with E-state index >= 15 is 0 Å². The number of nitrogens with zero attached hydrogens (tertiary/aromatic N) is 5. The largest absolute Gasteiger partial charge is 0.397 e. The van der Waals surface area contributed by atoms with Gasteiger partial charge in [0.25, 0.3) is 0 Å². The number of hydrogen-bond donors (Lipinski definition) is 0. The number of benzene rings is 12. The minimum atomic E-state index is -4.52. The van der Waals surface area contributed by atoms with Crippen LogP contribution in [-0.4, -0.2) is 36.4 Å². The Bertz CT molecular complexity index is 5860. The lowest BCUT2D eigenvalue weighted by molar-refractivity contribution is -0.180. The van der Waals surface area contributed by atoms with E-state index in [1.165, 1.54) is 52.2 Å². The summed E-state index contributed by atoms with van der Waals surface area (Å²) < 4.78 is 93.6. The van der Waals surface area contributed by atoms with Gasteiger partial charge in [-0.2, -0.15) is 26.3 Å². The fourth-order valence-corrected chi connectivity index (χ4v) is 15.2. The summed E-state index contributed by atoms with van der Waals surface area (Å²) in [6.07, 6.45) is -4.31. The maximum absolute atomic E-state index is 14.8. The van der Waals surface area contributed by atoms with Crippen molar-refractivity contribution in [1.82, 2.24) is 24.1 Å². The predicted octanol–water partition coefficient (Wildman–Crippen LogP) is 26.4. The zero-order chi connectivity index (χ0) is 72.6. The zero-order valence-corrected chi connectivity index (χ0v) is 58.3. The molecule has 0 amide bonds. The summed E-state index contributed by atoms with van der Waals surface area (Å²) in [7, 11) is 0. The molecule has 0 aliphatic heterocycles. The van der Waals surface area contributed by atoms with Crippen molar-refractivity contribution >= 4 is 43.6 Å². The van der Waals surface area contributed by atoms with E-state index in [0.717, 1.165) is 144 Å². The van der Waals surface area contributed by atoms with Crippen molar-refractivity contribution < 1.29 is 26.3 Å². The molecule has 0 fully saturated rings. The van der Waals surface area contributed by atoms with Crippen LogP contribution in [0.25, 0.3) is 167 Å². The maximum Gasteiger partial charge on any atom is 0.397 e. The Hall–Kier alpha value is -12.7. The SMILES string of the molecule is CC(C)(c1ccnc(-c2ccc(-c3ccccc3-c3cc(-c4ccccc4-c4ccc(-c5ccccn5)cc4-c4ccccc4)cc(-c4ccccc4-c4ccc(-c5cc(C(C)(C)C(F)(F)F)ccn5)cc4-n4c5ccccc5c5ccccc54)c3)c(-n3c4ccccc4c4ccccc43)c2)c1)C(F)(F)F. The Morgan fingerprint density at radius 2 is 0.547 bits per heavy atom. The third-order valence-electron chi connectivity index (χ3n) is 21.2. The molecule has 0 atom stereocenters. The van der Waals surface area contributed by atoms with E-state index in [4.69, 9.17) is 15.0 Å². The number of aromatic nitrogens is 5. The van der Waals surface area contributed by atoms with E-state index in [1.54, 1.807) is 12.1 Å². The van der Waals surface area contributed by atoms with Crippen LogP contribution in [0.15, 0.2) is 334 Å². The molecule has 514 valence electrons. The van der Waals surface area contributed by atoms with Gasteiger partial charge in [-0.05, 0) is 203 Å². The highest BCUT2D eigenvalue weighted by Crippen LogP contribution is 2.50. The second-order valence-electron chi connectivity index (χ2n) is 28.1. The molecule has 0 N–H and O–H groups in total. The molecular formula is C95H67F6N5. The molecule has 0 unspecified atom stereocenters. The number of fused-ring (bicyclic) bond motifs is 6. The Morgan fingerprint density at radius 1 is 0.226 bits per heavy atom. The van der Waals surface area contributed by atoms with Gasteiger partial charge in [0.05, 0.1) is 61.4 Å². The highest BCUT2D eigenvalue weighted by molar-refractivity contribution is 6.12. The number of alkyl halides is 6. The molecule has 0 aliphatic carbocycles. The van der Waals surface area contributed by atoms with E-state index in [-0.39, 0.29) is 11.1 Å². The van der Waals surface area contributed by atoms with Crippen LogP contribution in [0.3, 0.4) is 0 Å². The Morgan fingerprint density at radius 3 is 0.934 bits per heavy atom. The second-order valence-corrected chi connectivity index (χ2v) is 28.1. The standard InChI is InChI=1S/C95H67F6N5/c1-92(2,94(96,97)98)67-47-50-103-84(58-67)62-42-45-80(90(56-62)105-86-37-18-14-32-76(86)77-33-15-19-38-87(77)105)73-30-12-9-27-70(73)65-52-64(69-26-8-11-29-72(69)75-44-41-61(83-36-22-23-49-102-83)55-82(75)60-24-6-5-7-25-60)53-66(54-65)71-28-10-13-31-74(71)81-46-43-63(85-59-68(48-51-104-85)93(3,4)95(99,100)101)57-91(81)106-88-39-20-16-34-78(88)79-35-17-21-40-89(79)106/h5-59H,1-4H3. The lowest BCUT2D eigenvalue weighted by Crippen LogP contribution is -2.36. The summed E-state index contributed by atoms with van der Waals surface area (Å²) in [5, 5.41) is 4.16. The Kier molecular flexibility index (Phi) is 16.4. The first-order valence-corrected chi connectivity index (χ1v) is 35.3. The molecular weight excluding hydrogens is 1330 g/mol. The van der Waals surface area contributed by atoms with Crippen LogP contribution in [0.1, 0.15) is 38.8 Å². The van der Waals surface area contributed by atoms with Crippen LogP contribution in [-0.2, 0) is 10.8 Å². The van der Waals surface area contributed by atoms with Gasteiger partial charge in [0.1, 0.15) is 0 Å². The molecule has 17 aromatic rings. The van der Waals surface area contributed by atoms with Crippen molar-refractivity contribution in [3.8, 4) is 123 Å². The van der Waals surface area contributed by atoms with E-state index in [0.29, 0.717) is 22.5 Å². The first-order chi connectivity index (χ1) is 51.4. The van der Waals surface area contributed by atoms with Crippen LogP contribution in [0.2, 0.25) is 0 Å². The quantitative estimate of drug-likeness (QED) is 0.102. The molecule has 5 heterocycles. The van der Waals surface area contributed by atoms with Gasteiger partial charge in [-0.15, -0.1) is 0 Å². The Balaban J connectivity index is 0.923. The summed E-state index contributed by atoms with van der Waals surface area (Å²) in [5.41, 5.74) is 18.3. The minimum Gasteiger partial charge on any atom is -0.309 e. The van der Waals surface area contributed by atoms with Crippen LogP contribution in [0.4, 0.5) is 26.3 Å². The lowest BCUT2D eigenvalue weighted by atomic mass is 9.83. The molecule has 106 heavy (non-hydrogen) atoms. The monoisotopic (exact) mass is 1390 g/mol. The highest BCUT2D eigenvalue weighted by atomic mass is 19.4. The summed E-state index contributed by atoms with van der Waals surface area (Å²) in [6.45, 7) is 4.80. The third kappa shape index (κ3) is 11.6. The highest BCUT2D eigenvalue weighted by Gasteiger charge is 2.49. The summed E-state index contributed by atoms with van der Waals surface area (Å²) in [4.78, 5) is 14.3. The fourth-order valence-electron chi connectivity index (χ4n) is 15.2. The smallest absolute Gasteiger partial charge is 0.309 e. The van der Waals surface area contributed by atoms with E-state index < -0.39 is 23.2 Å². The van der Waals surface area contributed by atoms with Crippen LogP contribution in [0.5, 0.6) is 0 Å². The third-order valence-corrected chi connectivity index (χ3v) is 21.2. The molecule has 0 saturated carbocycles. The fraction of sp³-hybridized carbons (Fsp3) is 0.0842. The molecule has 17 rings (SSSR count).